The van der Waals surface area contributed by atoms with Crippen LogP contribution in [0.15, 0.2) is 24.3 Å². The fourth-order valence-corrected chi connectivity index (χ4v) is 2.34. The van der Waals surface area contributed by atoms with E-state index in [1.807, 2.05) is 0 Å². The second-order valence-corrected chi connectivity index (χ2v) is 4.73. The highest BCUT2D eigenvalue weighted by Gasteiger charge is 2.27. The zero-order valence-electron chi connectivity index (χ0n) is 10.9. The Morgan fingerprint density at radius 2 is 1.79 bits per heavy atom. The van der Waals surface area contributed by atoms with E-state index in [4.69, 9.17) is 0 Å². The van der Waals surface area contributed by atoms with Gasteiger partial charge in [-0.15, -0.1) is 0 Å². The molecule has 19 heavy (non-hydrogen) atoms. The number of piperidine rings is 1. The summed E-state index contributed by atoms with van der Waals surface area (Å²) in [4.78, 5) is 25.5. The molecular weight excluding hydrogens is 244 g/mol. The van der Waals surface area contributed by atoms with Crippen LogP contribution in [0.5, 0.6) is 5.75 Å². The van der Waals surface area contributed by atoms with Crippen LogP contribution in [0.1, 0.15) is 23.2 Å². The Balaban J connectivity index is 1.96. The molecule has 0 spiro atoms. The summed E-state index contributed by atoms with van der Waals surface area (Å²) in [5.41, 5.74) is 0.566. The number of nitrogens with one attached hydrogen (secondary N) is 1. The molecule has 5 nitrogen and oxygen atoms in total. The summed E-state index contributed by atoms with van der Waals surface area (Å²) in [5, 5.41) is 11.8. The maximum absolute atomic E-state index is 12.2. The van der Waals surface area contributed by atoms with Gasteiger partial charge in [0.2, 0.25) is 5.91 Å². The molecule has 1 aromatic rings. The van der Waals surface area contributed by atoms with Crippen LogP contribution in [0.3, 0.4) is 0 Å². The van der Waals surface area contributed by atoms with Crippen molar-refractivity contribution in [1.29, 1.82) is 0 Å². The number of hydrogen-bond donors (Lipinski definition) is 2. The van der Waals surface area contributed by atoms with E-state index in [0.717, 1.165) is 0 Å². The molecular formula is C14H18N2O3. The lowest BCUT2D eigenvalue weighted by Gasteiger charge is -2.31. The Morgan fingerprint density at radius 3 is 2.32 bits per heavy atom. The van der Waals surface area contributed by atoms with Crippen LogP contribution in [0.2, 0.25) is 0 Å². The van der Waals surface area contributed by atoms with Gasteiger partial charge in [0.25, 0.3) is 5.91 Å². The van der Waals surface area contributed by atoms with Crippen LogP contribution in [0.25, 0.3) is 0 Å². The van der Waals surface area contributed by atoms with Crippen molar-refractivity contribution in [2.75, 3.05) is 20.1 Å². The number of benzene rings is 1. The predicted octanol–water partition coefficient (Wildman–Crippen LogP) is 0.990. The van der Waals surface area contributed by atoms with E-state index >= 15 is 0 Å². The Morgan fingerprint density at radius 1 is 1.21 bits per heavy atom. The van der Waals surface area contributed by atoms with E-state index in [1.54, 1.807) is 24.1 Å². The van der Waals surface area contributed by atoms with E-state index in [2.05, 4.69) is 5.32 Å². The number of phenols is 1. The molecule has 1 aromatic carbocycles. The van der Waals surface area contributed by atoms with E-state index in [9.17, 15) is 14.7 Å². The van der Waals surface area contributed by atoms with E-state index < -0.39 is 0 Å². The third kappa shape index (κ3) is 3.05. The van der Waals surface area contributed by atoms with Gasteiger partial charge in [0.1, 0.15) is 5.75 Å². The Hall–Kier alpha value is -2.04. The Kier molecular flexibility index (Phi) is 4.04. The minimum Gasteiger partial charge on any atom is -0.508 e. The Labute approximate surface area is 112 Å². The molecule has 0 saturated carbocycles. The SMILES string of the molecule is CNC(=O)C1CCN(C(=O)c2ccc(O)cc2)CC1. The van der Waals surface area contributed by atoms with Crippen molar-refractivity contribution in [2.45, 2.75) is 12.8 Å². The van der Waals surface area contributed by atoms with Crippen molar-refractivity contribution in [3.8, 4) is 5.75 Å². The number of carbonyl (C=O) groups excluding carboxylic acids is 2. The maximum Gasteiger partial charge on any atom is 0.253 e. The molecule has 1 aliphatic rings. The molecule has 102 valence electrons. The van der Waals surface area contributed by atoms with Gasteiger partial charge in [0, 0.05) is 31.6 Å². The van der Waals surface area contributed by atoms with E-state index in [1.165, 1.54) is 12.1 Å². The molecule has 0 radical (unpaired) electrons. The molecule has 0 aromatic heterocycles. The van der Waals surface area contributed by atoms with Gasteiger partial charge in [-0.3, -0.25) is 9.59 Å². The number of nitrogens with zero attached hydrogens (tertiary/aromatic N) is 1. The Bertz CT molecular complexity index is 462. The first kappa shape index (κ1) is 13.4. The summed E-state index contributed by atoms with van der Waals surface area (Å²) in [7, 11) is 1.64. The van der Waals surface area contributed by atoms with Gasteiger partial charge in [-0.2, -0.15) is 0 Å². The standard InChI is InChI=1S/C14H18N2O3/c1-15-13(18)10-6-8-16(9-7-10)14(19)11-2-4-12(17)5-3-11/h2-5,10,17H,6-9H2,1H3,(H,15,18). The molecule has 0 bridgehead atoms. The summed E-state index contributed by atoms with van der Waals surface area (Å²) in [6, 6.07) is 6.24. The summed E-state index contributed by atoms with van der Waals surface area (Å²) >= 11 is 0. The largest absolute Gasteiger partial charge is 0.508 e. The molecule has 1 aliphatic heterocycles. The predicted molar refractivity (Wildman–Crippen MR) is 70.8 cm³/mol. The number of carbonyl (C=O) groups is 2. The van der Waals surface area contributed by atoms with Crippen LogP contribution in [0.4, 0.5) is 0 Å². The topological polar surface area (TPSA) is 69.6 Å². The van der Waals surface area contributed by atoms with Gasteiger partial charge in [-0.1, -0.05) is 0 Å². The molecule has 2 rings (SSSR count). The number of aromatic hydroxyl groups is 1. The molecule has 1 saturated heterocycles. The first-order valence-corrected chi connectivity index (χ1v) is 6.41. The lowest BCUT2D eigenvalue weighted by molar-refractivity contribution is -0.125. The average Bonchev–Trinajstić information content (AvgIpc) is 2.46. The van der Waals surface area contributed by atoms with Crippen LogP contribution < -0.4 is 5.32 Å². The minimum absolute atomic E-state index is 0.00821. The van der Waals surface area contributed by atoms with Crippen molar-refractivity contribution in [3.05, 3.63) is 29.8 Å². The van der Waals surface area contributed by atoms with E-state index in [0.29, 0.717) is 31.5 Å². The minimum atomic E-state index is -0.0460. The number of rotatable bonds is 2. The number of amides is 2. The van der Waals surface area contributed by atoms with Gasteiger partial charge in [0.15, 0.2) is 0 Å². The van der Waals surface area contributed by atoms with Crippen LogP contribution in [-0.4, -0.2) is 42.0 Å². The van der Waals surface area contributed by atoms with Crippen LogP contribution in [-0.2, 0) is 4.79 Å². The molecule has 2 amide bonds. The maximum atomic E-state index is 12.2. The molecule has 1 fully saturated rings. The van der Waals surface area contributed by atoms with Gasteiger partial charge in [-0.05, 0) is 37.1 Å². The monoisotopic (exact) mass is 262 g/mol. The highest BCUT2D eigenvalue weighted by Crippen LogP contribution is 2.20. The molecule has 2 N–H and O–H groups in total. The van der Waals surface area contributed by atoms with Crippen molar-refractivity contribution >= 4 is 11.8 Å². The molecule has 0 atom stereocenters. The summed E-state index contributed by atoms with van der Waals surface area (Å²) in [5.74, 6) is 0.163. The second kappa shape index (κ2) is 5.73. The van der Waals surface area contributed by atoms with Gasteiger partial charge in [-0.25, -0.2) is 0 Å². The lowest BCUT2D eigenvalue weighted by Crippen LogP contribution is -2.42. The van der Waals surface area contributed by atoms with Gasteiger partial charge in [0.05, 0.1) is 0 Å². The quantitative estimate of drug-likeness (QED) is 0.835. The lowest BCUT2D eigenvalue weighted by atomic mass is 9.95. The fourth-order valence-electron chi connectivity index (χ4n) is 2.34. The van der Waals surface area contributed by atoms with Gasteiger partial charge >= 0.3 is 0 Å². The summed E-state index contributed by atoms with van der Waals surface area (Å²) in [6.07, 6.45) is 1.40. The third-order valence-corrected chi connectivity index (χ3v) is 3.51. The van der Waals surface area contributed by atoms with Crippen LogP contribution >= 0.6 is 0 Å². The van der Waals surface area contributed by atoms with Crippen molar-refractivity contribution in [1.82, 2.24) is 10.2 Å². The average molecular weight is 262 g/mol. The smallest absolute Gasteiger partial charge is 0.253 e. The number of likely N-dealkylation sites (tertiary alicyclic amines) is 1. The van der Waals surface area contributed by atoms with Crippen molar-refractivity contribution in [3.63, 3.8) is 0 Å². The zero-order chi connectivity index (χ0) is 13.8. The van der Waals surface area contributed by atoms with Gasteiger partial charge < -0.3 is 15.3 Å². The molecule has 1 heterocycles. The van der Waals surface area contributed by atoms with Crippen LogP contribution in [0, 0.1) is 5.92 Å². The zero-order valence-corrected chi connectivity index (χ0v) is 10.9. The first-order valence-electron chi connectivity index (χ1n) is 6.41. The molecule has 5 heteroatoms. The molecule has 0 unspecified atom stereocenters. The number of phenolic OH excluding ortho intramolecular Hbond substituents is 1. The van der Waals surface area contributed by atoms with Crippen molar-refractivity contribution < 1.29 is 14.7 Å². The first-order chi connectivity index (χ1) is 9.11. The second-order valence-electron chi connectivity index (χ2n) is 4.73. The highest BCUT2D eigenvalue weighted by molar-refractivity contribution is 5.94. The van der Waals surface area contributed by atoms with Crippen molar-refractivity contribution in [2.24, 2.45) is 5.92 Å². The summed E-state index contributed by atoms with van der Waals surface area (Å²) in [6.45, 7) is 1.19. The third-order valence-electron chi connectivity index (χ3n) is 3.51. The summed E-state index contributed by atoms with van der Waals surface area (Å²) < 4.78 is 0. The molecule has 0 aliphatic carbocycles. The normalized spacial score (nSPS) is 16.2. The number of hydrogen-bond acceptors (Lipinski definition) is 3. The highest BCUT2D eigenvalue weighted by atomic mass is 16.3. The van der Waals surface area contributed by atoms with E-state index in [-0.39, 0.29) is 23.5 Å². The fraction of sp³-hybridized carbons (Fsp3) is 0.429.